The minimum absolute atomic E-state index is 1.00. The van der Waals surface area contributed by atoms with E-state index in [1.54, 1.807) is 5.56 Å². The van der Waals surface area contributed by atoms with Gasteiger partial charge in [-0.25, -0.2) is 0 Å². The Balaban J connectivity index is 0.000000704. The summed E-state index contributed by atoms with van der Waals surface area (Å²) in [5.74, 6) is 0. The fraction of sp³-hybridized carbons (Fsp3) is 0.471. The van der Waals surface area contributed by atoms with Crippen molar-refractivity contribution in [3.63, 3.8) is 0 Å². The van der Waals surface area contributed by atoms with Crippen LogP contribution in [-0.2, 0) is 20.0 Å². The van der Waals surface area contributed by atoms with Crippen molar-refractivity contribution in [1.29, 1.82) is 0 Å². The SMILES string of the molecule is CC.Cc1cccc2c1CCCN(c1cnn(C)c1)C2. The third kappa shape index (κ3) is 3.03. The number of hydrogen-bond acceptors (Lipinski definition) is 2. The van der Waals surface area contributed by atoms with Gasteiger partial charge in [-0.15, -0.1) is 0 Å². The molecule has 0 unspecified atom stereocenters. The number of fused-ring (bicyclic) bond motifs is 1. The van der Waals surface area contributed by atoms with E-state index in [2.05, 4.69) is 41.3 Å². The van der Waals surface area contributed by atoms with Crippen LogP contribution in [0.2, 0.25) is 0 Å². The van der Waals surface area contributed by atoms with E-state index in [1.807, 2.05) is 31.8 Å². The summed E-state index contributed by atoms with van der Waals surface area (Å²) in [4.78, 5) is 2.43. The molecular weight excluding hydrogens is 246 g/mol. The Morgan fingerprint density at radius 3 is 2.70 bits per heavy atom. The van der Waals surface area contributed by atoms with E-state index < -0.39 is 0 Å². The van der Waals surface area contributed by atoms with E-state index >= 15 is 0 Å². The van der Waals surface area contributed by atoms with Crippen LogP contribution in [0.3, 0.4) is 0 Å². The average Bonchev–Trinajstić information content (AvgIpc) is 2.77. The van der Waals surface area contributed by atoms with Crippen molar-refractivity contribution in [3.8, 4) is 0 Å². The van der Waals surface area contributed by atoms with Crippen molar-refractivity contribution in [2.45, 2.75) is 40.2 Å². The molecule has 3 heteroatoms. The van der Waals surface area contributed by atoms with E-state index in [1.165, 1.54) is 29.7 Å². The standard InChI is InChI=1S/C15H19N3.C2H6/c1-12-5-3-6-13-10-18(8-4-7-15(12)13)14-9-16-17(2)11-14;1-2/h3,5-6,9,11H,4,7-8,10H2,1-2H3;1-2H3. The lowest BCUT2D eigenvalue weighted by atomic mass is 9.99. The molecule has 20 heavy (non-hydrogen) atoms. The maximum atomic E-state index is 4.27. The molecule has 2 heterocycles. The lowest BCUT2D eigenvalue weighted by Gasteiger charge is -2.21. The van der Waals surface area contributed by atoms with E-state index in [-0.39, 0.29) is 0 Å². The molecule has 0 spiro atoms. The van der Waals surface area contributed by atoms with Crippen LogP contribution in [0.25, 0.3) is 0 Å². The van der Waals surface area contributed by atoms with Crippen LogP contribution < -0.4 is 4.90 Å². The topological polar surface area (TPSA) is 21.1 Å². The van der Waals surface area contributed by atoms with Crippen LogP contribution in [0.4, 0.5) is 5.69 Å². The van der Waals surface area contributed by atoms with Gasteiger partial charge in [0.05, 0.1) is 11.9 Å². The minimum atomic E-state index is 1.00. The van der Waals surface area contributed by atoms with Crippen molar-refractivity contribution in [2.24, 2.45) is 7.05 Å². The maximum Gasteiger partial charge on any atom is 0.0755 e. The first-order chi connectivity index (χ1) is 9.74. The lowest BCUT2D eigenvalue weighted by molar-refractivity contribution is 0.756. The van der Waals surface area contributed by atoms with Gasteiger partial charge in [0.25, 0.3) is 0 Å². The molecule has 0 fully saturated rings. The summed E-state index contributed by atoms with van der Waals surface area (Å²) in [6, 6.07) is 6.65. The second-order valence-corrected chi connectivity index (χ2v) is 5.11. The highest BCUT2D eigenvalue weighted by molar-refractivity contribution is 5.46. The van der Waals surface area contributed by atoms with Crippen LogP contribution in [0.1, 0.15) is 37.0 Å². The first-order valence-corrected chi connectivity index (χ1v) is 7.55. The monoisotopic (exact) mass is 271 g/mol. The van der Waals surface area contributed by atoms with Gasteiger partial charge in [0.2, 0.25) is 0 Å². The molecule has 0 N–H and O–H groups in total. The summed E-state index contributed by atoms with van der Waals surface area (Å²) in [7, 11) is 1.97. The number of aromatic nitrogens is 2. The third-order valence-corrected chi connectivity index (χ3v) is 3.78. The van der Waals surface area contributed by atoms with Crippen LogP contribution >= 0.6 is 0 Å². The fourth-order valence-electron chi connectivity index (χ4n) is 2.79. The fourth-order valence-corrected chi connectivity index (χ4v) is 2.79. The van der Waals surface area contributed by atoms with Crippen molar-refractivity contribution < 1.29 is 0 Å². The summed E-state index contributed by atoms with van der Waals surface area (Å²) in [5.41, 5.74) is 5.67. The van der Waals surface area contributed by atoms with Gasteiger partial charge in [0, 0.05) is 26.3 Å². The van der Waals surface area contributed by atoms with E-state index in [0.717, 1.165) is 13.1 Å². The highest BCUT2D eigenvalue weighted by Crippen LogP contribution is 2.25. The molecule has 3 rings (SSSR count). The van der Waals surface area contributed by atoms with Gasteiger partial charge in [-0.3, -0.25) is 4.68 Å². The van der Waals surface area contributed by atoms with Gasteiger partial charge in [0.1, 0.15) is 0 Å². The number of aryl methyl sites for hydroxylation is 2. The van der Waals surface area contributed by atoms with E-state index in [0.29, 0.717) is 0 Å². The van der Waals surface area contributed by atoms with Crippen molar-refractivity contribution in [2.75, 3.05) is 11.4 Å². The molecule has 0 aliphatic carbocycles. The van der Waals surface area contributed by atoms with Crippen LogP contribution in [0, 0.1) is 6.92 Å². The number of nitrogens with zero attached hydrogens (tertiary/aromatic N) is 3. The van der Waals surface area contributed by atoms with Crippen molar-refractivity contribution in [3.05, 3.63) is 47.3 Å². The highest BCUT2D eigenvalue weighted by atomic mass is 15.3. The number of rotatable bonds is 1. The van der Waals surface area contributed by atoms with Gasteiger partial charge in [-0.1, -0.05) is 32.0 Å². The Labute approximate surface area is 122 Å². The highest BCUT2D eigenvalue weighted by Gasteiger charge is 2.16. The number of anilines is 1. The second-order valence-electron chi connectivity index (χ2n) is 5.11. The lowest BCUT2D eigenvalue weighted by Crippen LogP contribution is -2.21. The quantitative estimate of drug-likeness (QED) is 0.788. The van der Waals surface area contributed by atoms with Crippen molar-refractivity contribution >= 4 is 5.69 Å². The summed E-state index contributed by atoms with van der Waals surface area (Å²) < 4.78 is 1.87. The number of benzene rings is 1. The third-order valence-electron chi connectivity index (χ3n) is 3.78. The maximum absolute atomic E-state index is 4.27. The Morgan fingerprint density at radius 2 is 2.00 bits per heavy atom. The Hall–Kier alpha value is -1.77. The summed E-state index contributed by atoms with van der Waals surface area (Å²) in [5, 5.41) is 4.27. The summed E-state index contributed by atoms with van der Waals surface area (Å²) in [6.07, 6.45) is 6.47. The normalized spacial score (nSPS) is 14.1. The molecule has 1 aromatic carbocycles. The van der Waals surface area contributed by atoms with Crippen LogP contribution in [-0.4, -0.2) is 16.3 Å². The first kappa shape index (κ1) is 14.6. The van der Waals surface area contributed by atoms with E-state index in [9.17, 15) is 0 Å². The Kier molecular flexibility index (Phi) is 4.83. The molecule has 1 aliphatic rings. The molecule has 1 aliphatic heterocycles. The zero-order valence-corrected chi connectivity index (χ0v) is 13.1. The van der Waals surface area contributed by atoms with Gasteiger partial charge < -0.3 is 4.90 Å². The molecular formula is C17H25N3. The molecule has 1 aromatic heterocycles. The largest absolute Gasteiger partial charge is 0.365 e. The molecule has 0 amide bonds. The van der Waals surface area contributed by atoms with Crippen molar-refractivity contribution in [1.82, 2.24) is 9.78 Å². The molecule has 0 bridgehead atoms. The zero-order chi connectivity index (χ0) is 14.5. The molecule has 0 radical (unpaired) electrons. The van der Waals surface area contributed by atoms with Gasteiger partial charge in [-0.2, -0.15) is 5.10 Å². The van der Waals surface area contributed by atoms with Crippen LogP contribution in [0.15, 0.2) is 30.6 Å². The van der Waals surface area contributed by atoms with Gasteiger partial charge in [-0.05, 0) is 36.5 Å². The first-order valence-electron chi connectivity index (χ1n) is 7.55. The summed E-state index contributed by atoms with van der Waals surface area (Å²) in [6.45, 7) is 8.33. The smallest absolute Gasteiger partial charge is 0.0755 e. The summed E-state index contributed by atoms with van der Waals surface area (Å²) >= 11 is 0. The molecule has 108 valence electrons. The predicted octanol–water partition coefficient (Wildman–Crippen LogP) is 3.71. The number of hydrogen-bond donors (Lipinski definition) is 0. The van der Waals surface area contributed by atoms with Gasteiger partial charge in [0.15, 0.2) is 0 Å². The molecule has 3 nitrogen and oxygen atoms in total. The zero-order valence-electron chi connectivity index (χ0n) is 13.1. The Morgan fingerprint density at radius 1 is 1.20 bits per heavy atom. The second kappa shape index (κ2) is 6.60. The minimum Gasteiger partial charge on any atom is -0.365 e. The Bertz CT molecular complexity index is 557. The van der Waals surface area contributed by atoms with Crippen LogP contribution in [0.5, 0.6) is 0 Å². The average molecular weight is 271 g/mol. The molecule has 2 aromatic rings. The van der Waals surface area contributed by atoms with Gasteiger partial charge >= 0.3 is 0 Å². The predicted molar refractivity (Wildman–Crippen MR) is 85.1 cm³/mol. The molecule has 0 saturated carbocycles. The molecule has 0 saturated heterocycles. The van der Waals surface area contributed by atoms with E-state index in [4.69, 9.17) is 0 Å². The molecule has 0 atom stereocenters.